The first kappa shape index (κ1) is 16.2. The molecule has 0 unspecified atom stereocenters. The van der Waals surface area contributed by atoms with Crippen LogP contribution in [0.4, 0.5) is 0 Å². The van der Waals surface area contributed by atoms with Gasteiger partial charge >= 0.3 is 53.1 Å². The van der Waals surface area contributed by atoms with Crippen LogP contribution in [-0.4, -0.2) is 22.5 Å². The minimum atomic E-state index is 0. The molecule has 0 fully saturated rings. The van der Waals surface area contributed by atoms with Gasteiger partial charge in [-0.2, -0.15) is 0 Å². The molecule has 51 valence electrons. The minimum absolute atomic E-state index is 0. The Morgan fingerprint density at radius 2 is 1.38 bits per heavy atom. The van der Waals surface area contributed by atoms with Crippen LogP contribution in [-0.2, 0) is 0 Å². The quantitative estimate of drug-likeness (QED) is 0.671. The maximum atomic E-state index is 2.25. The molecule has 0 rings (SSSR count). The van der Waals surface area contributed by atoms with E-state index in [1.165, 1.54) is 12.8 Å². The molecule has 0 aromatic rings. The molecule has 0 nitrogen and oxygen atoms in total. The Morgan fingerprint density at radius 1 is 1.12 bits per heavy atom. The summed E-state index contributed by atoms with van der Waals surface area (Å²) in [7, 11) is 0. The molecule has 0 spiro atoms. The summed E-state index contributed by atoms with van der Waals surface area (Å²) < 4.78 is 1.03. The van der Waals surface area contributed by atoms with Crippen LogP contribution in [0.1, 0.15) is 26.7 Å². The average Bonchev–Trinajstić information content (AvgIpc) is 1.65. The summed E-state index contributed by atoms with van der Waals surface area (Å²) in [5.74, 6) is 0. The second-order valence-corrected chi connectivity index (χ2v) is 3.84. The van der Waals surface area contributed by atoms with E-state index in [2.05, 4.69) is 13.8 Å². The predicted octanol–water partition coefficient (Wildman–Crippen LogP) is 2.61. The van der Waals surface area contributed by atoms with Gasteiger partial charge in [0.2, 0.25) is 0 Å². The standard InChI is InChI=1S/C5H11.2ClH.Sn/c1-3-5-4-2;;;/h5H,3-4H2,1-2H3;2*1H;. The first-order chi connectivity index (χ1) is 2.81. The van der Waals surface area contributed by atoms with Gasteiger partial charge in [0.25, 0.3) is 0 Å². The fraction of sp³-hybridized carbons (Fsp3) is 1.00. The predicted molar refractivity (Wildman–Crippen MR) is 44.6 cm³/mol. The van der Waals surface area contributed by atoms with Gasteiger partial charge in [0, 0.05) is 0 Å². The van der Waals surface area contributed by atoms with Crippen molar-refractivity contribution in [3.63, 3.8) is 0 Å². The Kier molecular flexibility index (Phi) is 22.7. The van der Waals surface area contributed by atoms with Crippen LogP contribution in [0.25, 0.3) is 0 Å². The summed E-state index contributed by atoms with van der Waals surface area (Å²) in [6.07, 6.45) is 2.74. The van der Waals surface area contributed by atoms with Crippen LogP contribution < -0.4 is 0 Å². The van der Waals surface area contributed by atoms with E-state index in [-0.39, 0.29) is 24.8 Å². The maximum Gasteiger partial charge on any atom is -0.147 e. The van der Waals surface area contributed by atoms with Crippen molar-refractivity contribution >= 4 is 47.3 Å². The van der Waals surface area contributed by atoms with E-state index in [0.717, 1.165) is 3.93 Å². The topological polar surface area (TPSA) is 0 Å². The number of rotatable bonds is 2. The van der Waals surface area contributed by atoms with Crippen LogP contribution in [0.15, 0.2) is 0 Å². The molecule has 0 N–H and O–H groups in total. The van der Waals surface area contributed by atoms with E-state index in [0.29, 0.717) is 0 Å². The van der Waals surface area contributed by atoms with Gasteiger partial charge in [-0.25, -0.2) is 0 Å². The van der Waals surface area contributed by atoms with Crippen molar-refractivity contribution in [2.75, 3.05) is 0 Å². The molecule has 0 atom stereocenters. The van der Waals surface area contributed by atoms with Crippen molar-refractivity contribution in [2.45, 2.75) is 30.6 Å². The summed E-state index contributed by atoms with van der Waals surface area (Å²) in [4.78, 5) is 0. The van der Waals surface area contributed by atoms with Crippen molar-refractivity contribution in [1.82, 2.24) is 0 Å². The van der Waals surface area contributed by atoms with Crippen molar-refractivity contribution in [1.29, 1.82) is 0 Å². The monoisotopic (exact) mass is 263 g/mol. The molecule has 0 aliphatic rings. The normalized spacial score (nSPS) is 7.50. The van der Waals surface area contributed by atoms with Gasteiger partial charge < -0.3 is 0 Å². The Balaban J connectivity index is -0.000000125. The largest absolute Gasteiger partial charge is 0.147 e. The molecular weight excluding hydrogens is 250 g/mol. The molecule has 0 aromatic carbocycles. The fourth-order valence-corrected chi connectivity index (χ4v) is 0.289. The van der Waals surface area contributed by atoms with Gasteiger partial charge in [-0.1, -0.05) is 0 Å². The average molecular weight is 263 g/mol. The Hall–Kier alpha value is 1.38. The molecule has 8 heavy (non-hydrogen) atoms. The molecule has 0 aliphatic heterocycles. The molecule has 3 radical (unpaired) electrons. The first-order valence-electron chi connectivity index (χ1n) is 2.52. The van der Waals surface area contributed by atoms with Crippen LogP contribution in [0.2, 0.25) is 3.93 Å². The molecule has 0 saturated heterocycles. The van der Waals surface area contributed by atoms with E-state index < -0.39 is 0 Å². The molecule has 0 aliphatic carbocycles. The second-order valence-electron chi connectivity index (χ2n) is 1.51. The molecule has 3 heteroatoms. The van der Waals surface area contributed by atoms with Crippen LogP contribution in [0.5, 0.6) is 0 Å². The third kappa shape index (κ3) is 10.4. The zero-order chi connectivity index (χ0) is 4.99. The van der Waals surface area contributed by atoms with E-state index >= 15 is 0 Å². The van der Waals surface area contributed by atoms with Gasteiger partial charge in [0.1, 0.15) is 0 Å². The zero-order valence-electron chi connectivity index (χ0n) is 5.31. The number of halogens is 2. The van der Waals surface area contributed by atoms with Crippen LogP contribution >= 0.6 is 24.8 Å². The van der Waals surface area contributed by atoms with Crippen molar-refractivity contribution in [3.8, 4) is 0 Å². The Bertz CT molecular complexity index is 29.6. The van der Waals surface area contributed by atoms with Crippen LogP contribution in [0.3, 0.4) is 0 Å². The molecule has 0 saturated carbocycles. The maximum absolute atomic E-state index is 2.25. The molecule has 0 heterocycles. The molecule has 0 aromatic heterocycles. The third-order valence-electron chi connectivity index (χ3n) is 0.986. The van der Waals surface area contributed by atoms with Gasteiger partial charge in [-0.15, -0.1) is 24.8 Å². The summed E-state index contributed by atoms with van der Waals surface area (Å²) in [5, 5.41) is 0. The SMILES string of the molecule is CC[CH]([Sn])CC.Cl.Cl. The van der Waals surface area contributed by atoms with E-state index in [1.807, 2.05) is 0 Å². The van der Waals surface area contributed by atoms with Gasteiger partial charge in [0.05, 0.1) is 0 Å². The summed E-state index contributed by atoms with van der Waals surface area (Å²) in [6, 6.07) is 0. The summed E-state index contributed by atoms with van der Waals surface area (Å²) >= 11 is 1.70. The smallest absolute Gasteiger partial charge is 0.147 e. The summed E-state index contributed by atoms with van der Waals surface area (Å²) in [6.45, 7) is 4.51. The van der Waals surface area contributed by atoms with Crippen LogP contribution in [0, 0.1) is 0 Å². The third-order valence-corrected chi connectivity index (χ3v) is 3.32. The van der Waals surface area contributed by atoms with Gasteiger partial charge in [-0.3, -0.25) is 0 Å². The first-order valence-corrected chi connectivity index (χ1v) is 4.17. The molecule has 0 amide bonds. The Labute approximate surface area is 77.7 Å². The molecular formula is C5H13Cl2Sn. The van der Waals surface area contributed by atoms with Crippen molar-refractivity contribution < 1.29 is 0 Å². The van der Waals surface area contributed by atoms with E-state index in [4.69, 9.17) is 0 Å². The van der Waals surface area contributed by atoms with E-state index in [1.54, 1.807) is 22.5 Å². The number of hydrogen-bond acceptors (Lipinski definition) is 0. The summed E-state index contributed by atoms with van der Waals surface area (Å²) in [5.41, 5.74) is 0. The fourth-order valence-electron chi connectivity index (χ4n) is 0.289. The van der Waals surface area contributed by atoms with Gasteiger partial charge in [0.15, 0.2) is 0 Å². The Morgan fingerprint density at radius 3 is 1.38 bits per heavy atom. The van der Waals surface area contributed by atoms with E-state index in [9.17, 15) is 0 Å². The van der Waals surface area contributed by atoms with Crippen molar-refractivity contribution in [2.24, 2.45) is 0 Å². The number of hydrogen-bond donors (Lipinski definition) is 0. The van der Waals surface area contributed by atoms with Crippen molar-refractivity contribution in [3.05, 3.63) is 0 Å². The minimum Gasteiger partial charge on any atom is -0.147 e. The van der Waals surface area contributed by atoms with Gasteiger partial charge in [-0.05, 0) is 0 Å². The molecule has 0 bridgehead atoms. The second kappa shape index (κ2) is 11.2. The zero-order valence-corrected chi connectivity index (χ0v) is 9.80.